The summed E-state index contributed by atoms with van der Waals surface area (Å²) >= 11 is 6.00. The van der Waals surface area contributed by atoms with Crippen molar-refractivity contribution in [2.75, 3.05) is 11.4 Å². The van der Waals surface area contributed by atoms with Crippen LogP contribution in [0.3, 0.4) is 0 Å². The van der Waals surface area contributed by atoms with Crippen LogP contribution >= 0.6 is 11.6 Å². The highest BCUT2D eigenvalue weighted by atomic mass is 35.5. The van der Waals surface area contributed by atoms with Gasteiger partial charge in [-0.3, -0.25) is 14.4 Å². The van der Waals surface area contributed by atoms with Crippen molar-refractivity contribution < 1.29 is 18.0 Å². The van der Waals surface area contributed by atoms with Crippen LogP contribution in [0.4, 0.5) is 19.0 Å². The van der Waals surface area contributed by atoms with Gasteiger partial charge in [0.15, 0.2) is 11.7 Å². The van der Waals surface area contributed by atoms with Gasteiger partial charge in [0.05, 0.1) is 28.5 Å². The molecule has 33 heavy (non-hydrogen) atoms. The average molecular weight is 475 g/mol. The fourth-order valence-electron chi connectivity index (χ4n) is 4.28. The Hall–Kier alpha value is -3.40. The first-order chi connectivity index (χ1) is 15.6. The van der Waals surface area contributed by atoms with Gasteiger partial charge in [0.2, 0.25) is 0 Å². The number of carbonyl (C=O) groups is 1. The number of nitrogens with zero attached hydrogens (tertiary/aromatic N) is 6. The molecule has 5 rings (SSSR count). The smallest absolute Gasteiger partial charge is 0.293 e. The summed E-state index contributed by atoms with van der Waals surface area (Å²) in [5, 5.41) is 9.37. The number of amides is 1. The van der Waals surface area contributed by atoms with Gasteiger partial charge in [-0.2, -0.15) is 23.4 Å². The molecule has 7 nitrogen and oxygen atoms in total. The summed E-state index contributed by atoms with van der Waals surface area (Å²) in [6.45, 7) is 1.68. The summed E-state index contributed by atoms with van der Waals surface area (Å²) in [5.74, 6) is -0.329. The molecule has 1 aliphatic rings. The zero-order chi connectivity index (χ0) is 23.5. The van der Waals surface area contributed by atoms with Crippen LogP contribution in [0.2, 0.25) is 5.02 Å². The maximum Gasteiger partial charge on any atom is 0.410 e. The van der Waals surface area contributed by atoms with Crippen LogP contribution in [-0.2, 0) is 7.05 Å². The van der Waals surface area contributed by atoms with Crippen LogP contribution in [0.5, 0.6) is 0 Å². The van der Waals surface area contributed by atoms with Crippen molar-refractivity contribution in [3.8, 4) is 11.3 Å². The minimum Gasteiger partial charge on any atom is -0.293 e. The molecule has 0 fully saturated rings. The number of alkyl halides is 3. The maximum absolute atomic E-state index is 13.7. The third-order valence-electron chi connectivity index (χ3n) is 5.81. The number of hydrogen-bond donors (Lipinski definition) is 0. The van der Waals surface area contributed by atoms with E-state index in [0.717, 1.165) is 10.2 Å². The first-order valence-electron chi connectivity index (χ1n) is 10.2. The Balaban J connectivity index is 1.65. The number of aryl methyl sites for hydroxylation is 2. The van der Waals surface area contributed by atoms with Crippen LogP contribution in [0, 0.1) is 6.92 Å². The van der Waals surface area contributed by atoms with Gasteiger partial charge in [-0.25, -0.2) is 9.67 Å². The lowest BCUT2D eigenvalue weighted by atomic mass is 10.0. The summed E-state index contributed by atoms with van der Waals surface area (Å²) in [7, 11) is 1.73. The normalized spacial score (nSPS) is 16.3. The lowest BCUT2D eigenvalue weighted by Crippen LogP contribution is -2.43. The minimum absolute atomic E-state index is 0.0892. The van der Waals surface area contributed by atoms with E-state index in [9.17, 15) is 18.0 Å². The molecule has 4 aromatic rings. The number of hydrogen-bond acceptors (Lipinski definition) is 4. The van der Waals surface area contributed by atoms with E-state index >= 15 is 0 Å². The fourth-order valence-corrected chi connectivity index (χ4v) is 4.41. The molecular weight excluding hydrogens is 457 g/mol. The van der Waals surface area contributed by atoms with Crippen LogP contribution in [0.15, 0.2) is 42.6 Å². The number of benzene rings is 1. The van der Waals surface area contributed by atoms with Gasteiger partial charge in [-0.1, -0.05) is 23.7 Å². The second-order valence-corrected chi connectivity index (χ2v) is 8.34. The van der Waals surface area contributed by atoms with Crippen LogP contribution < -0.4 is 4.90 Å². The van der Waals surface area contributed by atoms with E-state index in [1.54, 1.807) is 49.0 Å². The number of carbonyl (C=O) groups excluding carboxylic acids is 1. The molecule has 0 aliphatic carbocycles. The number of rotatable bonds is 2. The third-order valence-corrected chi connectivity index (χ3v) is 6.06. The van der Waals surface area contributed by atoms with E-state index in [2.05, 4.69) is 15.2 Å². The van der Waals surface area contributed by atoms with Gasteiger partial charge in [0.25, 0.3) is 5.91 Å². The molecule has 1 aliphatic heterocycles. The van der Waals surface area contributed by atoms with E-state index in [-0.39, 0.29) is 18.8 Å². The second-order valence-electron chi connectivity index (χ2n) is 7.91. The molecule has 0 spiro atoms. The van der Waals surface area contributed by atoms with Gasteiger partial charge in [-0.15, -0.1) is 0 Å². The molecule has 3 aromatic heterocycles. The van der Waals surface area contributed by atoms with Gasteiger partial charge in [-0.05, 0) is 31.5 Å². The zero-order valence-corrected chi connectivity index (χ0v) is 18.4. The van der Waals surface area contributed by atoms with Crippen molar-refractivity contribution in [2.45, 2.75) is 25.6 Å². The van der Waals surface area contributed by atoms with Gasteiger partial charge in [0.1, 0.15) is 5.82 Å². The molecule has 0 saturated heterocycles. The summed E-state index contributed by atoms with van der Waals surface area (Å²) in [5.41, 5.74) is 2.69. The molecule has 0 saturated carbocycles. The summed E-state index contributed by atoms with van der Waals surface area (Å²) in [6, 6.07) is 8.33. The Kier molecular flexibility index (Phi) is 4.93. The van der Waals surface area contributed by atoms with Crippen LogP contribution in [-0.4, -0.2) is 43.2 Å². The van der Waals surface area contributed by atoms with Gasteiger partial charge in [0, 0.05) is 30.2 Å². The number of pyridine rings is 1. The number of anilines is 1. The van der Waals surface area contributed by atoms with Crippen molar-refractivity contribution in [3.05, 3.63) is 58.9 Å². The zero-order valence-electron chi connectivity index (χ0n) is 17.6. The van der Waals surface area contributed by atoms with E-state index in [1.807, 2.05) is 0 Å². The highest BCUT2D eigenvalue weighted by Crippen LogP contribution is 2.40. The van der Waals surface area contributed by atoms with Crippen LogP contribution in [0.25, 0.3) is 22.3 Å². The first kappa shape index (κ1) is 21.4. The molecule has 170 valence electrons. The van der Waals surface area contributed by atoms with E-state index in [0.29, 0.717) is 33.0 Å². The predicted octanol–water partition coefficient (Wildman–Crippen LogP) is 4.95. The van der Waals surface area contributed by atoms with Gasteiger partial charge < -0.3 is 0 Å². The molecule has 1 atom stereocenters. The lowest BCUT2D eigenvalue weighted by molar-refractivity contribution is -0.172. The molecule has 1 aromatic carbocycles. The topological polar surface area (TPSA) is 68.8 Å². The Morgan fingerprint density at radius 1 is 1.18 bits per heavy atom. The molecule has 0 N–H and O–H groups in total. The third kappa shape index (κ3) is 3.54. The Morgan fingerprint density at radius 3 is 2.61 bits per heavy atom. The van der Waals surface area contributed by atoms with E-state index in [1.165, 1.54) is 17.2 Å². The van der Waals surface area contributed by atoms with Crippen molar-refractivity contribution in [1.82, 2.24) is 24.5 Å². The Morgan fingerprint density at radius 2 is 1.91 bits per heavy atom. The van der Waals surface area contributed by atoms with Crippen molar-refractivity contribution in [3.63, 3.8) is 0 Å². The first-order valence-corrected chi connectivity index (χ1v) is 10.6. The molecule has 4 heterocycles. The van der Waals surface area contributed by atoms with Crippen molar-refractivity contribution >= 4 is 34.4 Å². The van der Waals surface area contributed by atoms with Crippen LogP contribution in [0.1, 0.15) is 28.5 Å². The average Bonchev–Trinajstić information content (AvgIpc) is 3.36. The standard InChI is InChI=1S/C22H18ClF3N6O/c1-12-19-15(11-16(28-20(19)30(2)29-12)13-3-5-14(23)6-4-13)21(33)31-10-8-17(22(24,25)26)32-18(31)7-9-27-32/h3-7,9,11,17H,8,10H2,1-2H3. The summed E-state index contributed by atoms with van der Waals surface area (Å²) in [6.07, 6.45) is -3.47. The Bertz CT molecular complexity index is 1380. The summed E-state index contributed by atoms with van der Waals surface area (Å²) in [4.78, 5) is 19.8. The predicted molar refractivity (Wildman–Crippen MR) is 117 cm³/mol. The fraction of sp³-hybridized carbons (Fsp3) is 0.273. The van der Waals surface area contributed by atoms with Gasteiger partial charge >= 0.3 is 6.18 Å². The minimum atomic E-state index is -4.46. The second kappa shape index (κ2) is 7.58. The molecule has 0 bridgehead atoms. The highest BCUT2D eigenvalue weighted by molar-refractivity contribution is 6.30. The number of aromatic nitrogens is 5. The molecule has 11 heteroatoms. The number of halogens is 4. The Labute approximate surface area is 191 Å². The SMILES string of the molecule is Cc1nn(C)c2nc(-c3ccc(Cl)cc3)cc(C(=O)N3CCC(C(F)(F)F)n4nccc43)c12. The largest absolute Gasteiger partial charge is 0.410 e. The van der Waals surface area contributed by atoms with Crippen molar-refractivity contribution in [2.24, 2.45) is 7.05 Å². The molecular formula is C22H18ClF3N6O. The molecule has 1 amide bonds. The summed E-state index contributed by atoms with van der Waals surface area (Å²) < 4.78 is 42.9. The lowest BCUT2D eigenvalue weighted by Gasteiger charge is -2.34. The molecule has 1 unspecified atom stereocenters. The van der Waals surface area contributed by atoms with Crippen molar-refractivity contribution in [1.29, 1.82) is 0 Å². The monoisotopic (exact) mass is 474 g/mol. The quantitative estimate of drug-likeness (QED) is 0.412. The maximum atomic E-state index is 13.7. The van der Waals surface area contributed by atoms with E-state index < -0.39 is 18.1 Å². The highest BCUT2D eigenvalue weighted by Gasteiger charge is 2.46. The number of fused-ring (bicyclic) bond motifs is 2. The van der Waals surface area contributed by atoms with E-state index in [4.69, 9.17) is 11.6 Å². The molecule has 0 radical (unpaired) electrons.